The van der Waals surface area contributed by atoms with Crippen LogP contribution in [0, 0.1) is 11.3 Å². The van der Waals surface area contributed by atoms with Gasteiger partial charge in [0, 0.05) is 44.0 Å². The minimum absolute atomic E-state index is 0.119. The highest BCUT2D eigenvalue weighted by Gasteiger charge is 2.40. The van der Waals surface area contributed by atoms with Crippen LogP contribution < -0.4 is 16.4 Å². The standard InChI is InChI=1S/C31H16BN3/c33-17-18-15-27-29-28(16-18)35-26-14-4-2-8-20(26)22-10-6-12-24(31(22)35)32(29)23-11-5-9-21-19-7-1-3-13-25(19)34(27)30(21)23/h1-16H. The van der Waals surface area contributed by atoms with Gasteiger partial charge in [0.2, 0.25) is 0 Å². The summed E-state index contributed by atoms with van der Waals surface area (Å²) in [4.78, 5) is 0. The van der Waals surface area contributed by atoms with Gasteiger partial charge in [-0.2, -0.15) is 5.26 Å². The Morgan fingerprint density at radius 2 is 1.06 bits per heavy atom. The third kappa shape index (κ3) is 1.89. The molecular formula is C31H16BN3. The van der Waals surface area contributed by atoms with Crippen molar-refractivity contribution in [2.24, 2.45) is 0 Å². The van der Waals surface area contributed by atoms with Gasteiger partial charge >= 0.3 is 0 Å². The zero-order valence-electron chi connectivity index (χ0n) is 18.7. The maximum atomic E-state index is 10.1. The highest BCUT2D eigenvalue weighted by atomic mass is 15.0. The maximum Gasteiger partial charge on any atom is 0.252 e. The Bertz CT molecular complexity index is 1990. The molecule has 2 aliphatic heterocycles. The lowest BCUT2D eigenvalue weighted by molar-refractivity contribution is 1.14. The van der Waals surface area contributed by atoms with E-state index >= 15 is 0 Å². The van der Waals surface area contributed by atoms with Crippen LogP contribution in [0.3, 0.4) is 0 Å². The van der Waals surface area contributed by atoms with Crippen LogP contribution in [-0.4, -0.2) is 15.8 Å². The summed E-state index contributed by atoms with van der Waals surface area (Å²) in [6, 6.07) is 37.4. The van der Waals surface area contributed by atoms with Gasteiger partial charge < -0.3 is 9.13 Å². The molecule has 9 rings (SSSR count). The van der Waals surface area contributed by atoms with Crippen LogP contribution in [0.15, 0.2) is 97.1 Å². The molecule has 0 amide bonds. The van der Waals surface area contributed by atoms with Crippen molar-refractivity contribution in [1.82, 2.24) is 9.13 Å². The SMILES string of the molecule is N#Cc1cc2c3c(c1)-n1c4ccccc4c4cccc(c41)B3c1cccc3c4ccccc4n-2c13. The van der Waals surface area contributed by atoms with Gasteiger partial charge in [-0.1, -0.05) is 72.8 Å². The Kier molecular flexibility index (Phi) is 2.95. The number of rotatable bonds is 0. The number of hydrogen-bond donors (Lipinski definition) is 0. The topological polar surface area (TPSA) is 33.6 Å². The summed E-state index contributed by atoms with van der Waals surface area (Å²) in [5, 5.41) is 15.1. The molecule has 4 heteroatoms. The number of para-hydroxylation sites is 4. The largest absolute Gasteiger partial charge is 0.310 e. The Morgan fingerprint density at radius 3 is 1.57 bits per heavy atom. The lowest BCUT2D eigenvalue weighted by atomic mass is 9.34. The van der Waals surface area contributed by atoms with E-state index in [1.165, 1.54) is 60.0 Å². The van der Waals surface area contributed by atoms with Gasteiger partial charge in [0.05, 0.1) is 22.7 Å². The predicted molar refractivity (Wildman–Crippen MR) is 144 cm³/mol. The van der Waals surface area contributed by atoms with Crippen molar-refractivity contribution in [2.45, 2.75) is 0 Å². The molecule has 0 unspecified atom stereocenters. The fourth-order valence-corrected chi connectivity index (χ4v) is 6.89. The Morgan fingerprint density at radius 1 is 0.571 bits per heavy atom. The number of hydrogen-bond acceptors (Lipinski definition) is 1. The second kappa shape index (κ2) is 5.84. The molecule has 3 nitrogen and oxygen atoms in total. The van der Waals surface area contributed by atoms with E-state index in [1.807, 2.05) is 0 Å². The summed E-state index contributed by atoms with van der Waals surface area (Å²) >= 11 is 0. The van der Waals surface area contributed by atoms with Crippen molar-refractivity contribution in [2.75, 3.05) is 0 Å². The van der Waals surface area contributed by atoms with Crippen LogP contribution in [-0.2, 0) is 0 Å². The molecule has 0 N–H and O–H groups in total. The van der Waals surface area contributed by atoms with Crippen LogP contribution in [0.5, 0.6) is 0 Å². The zero-order chi connectivity index (χ0) is 22.8. The van der Waals surface area contributed by atoms with Gasteiger partial charge in [0.1, 0.15) is 0 Å². The molecule has 2 aromatic heterocycles. The Balaban J connectivity index is 1.60. The van der Waals surface area contributed by atoms with Gasteiger partial charge in [0.15, 0.2) is 0 Å². The Labute approximate surface area is 201 Å². The second-order valence-electron chi connectivity index (χ2n) is 9.66. The molecule has 0 radical (unpaired) electrons. The highest BCUT2D eigenvalue weighted by molar-refractivity contribution is 7.00. The average molecular weight is 441 g/mol. The average Bonchev–Trinajstić information content (AvgIpc) is 3.43. The Hall–Kier alpha value is -4.75. The molecule has 158 valence electrons. The molecule has 0 saturated carbocycles. The molecule has 0 bridgehead atoms. The summed E-state index contributed by atoms with van der Waals surface area (Å²) in [7, 11) is 0. The molecule has 0 atom stereocenters. The zero-order valence-corrected chi connectivity index (χ0v) is 18.7. The molecular weight excluding hydrogens is 425 g/mol. The molecule has 0 spiro atoms. The molecule has 0 saturated heterocycles. The second-order valence-corrected chi connectivity index (χ2v) is 9.66. The van der Waals surface area contributed by atoms with E-state index in [4.69, 9.17) is 0 Å². The summed E-state index contributed by atoms with van der Waals surface area (Å²) in [5.74, 6) is 0. The first kappa shape index (κ1) is 17.7. The number of aromatic nitrogens is 2. The first-order valence-electron chi connectivity index (χ1n) is 12.0. The molecule has 0 aliphatic carbocycles. The monoisotopic (exact) mass is 441 g/mol. The van der Waals surface area contributed by atoms with E-state index in [0.29, 0.717) is 5.56 Å². The molecule has 7 aromatic rings. The van der Waals surface area contributed by atoms with Gasteiger partial charge in [-0.3, -0.25) is 0 Å². The highest BCUT2D eigenvalue weighted by Crippen LogP contribution is 2.38. The number of nitrogens with zero attached hydrogens (tertiary/aromatic N) is 3. The van der Waals surface area contributed by atoms with Gasteiger partial charge in [0.25, 0.3) is 6.71 Å². The maximum absolute atomic E-state index is 10.1. The van der Waals surface area contributed by atoms with Gasteiger partial charge in [-0.25, -0.2) is 0 Å². The fraction of sp³-hybridized carbons (Fsp3) is 0. The minimum Gasteiger partial charge on any atom is -0.310 e. The van der Waals surface area contributed by atoms with E-state index in [-0.39, 0.29) is 6.71 Å². The van der Waals surface area contributed by atoms with Crippen molar-refractivity contribution in [3.63, 3.8) is 0 Å². The van der Waals surface area contributed by atoms with E-state index in [2.05, 4.69) is 112 Å². The van der Waals surface area contributed by atoms with Gasteiger partial charge in [-0.05, 0) is 40.7 Å². The molecule has 5 aromatic carbocycles. The first-order chi connectivity index (χ1) is 17.3. The van der Waals surface area contributed by atoms with E-state index in [9.17, 15) is 5.26 Å². The van der Waals surface area contributed by atoms with Crippen LogP contribution in [0.25, 0.3) is 55.0 Å². The van der Waals surface area contributed by atoms with Crippen LogP contribution >= 0.6 is 0 Å². The number of nitriles is 1. The number of benzene rings is 5. The summed E-state index contributed by atoms with van der Waals surface area (Å²) in [6.07, 6.45) is 0. The molecule has 2 aliphatic rings. The summed E-state index contributed by atoms with van der Waals surface area (Å²) in [5.41, 5.74) is 11.8. The number of fused-ring (bicyclic) bond motifs is 10. The third-order valence-electron chi connectivity index (χ3n) is 8.11. The third-order valence-corrected chi connectivity index (χ3v) is 8.11. The molecule has 35 heavy (non-hydrogen) atoms. The van der Waals surface area contributed by atoms with Crippen molar-refractivity contribution < 1.29 is 0 Å². The normalized spacial score (nSPS) is 13.1. The van der Waals surface area contributed by atoms with E-state index in [1.54, 1.807) is 0 Å². The van der Waals surface area contributed by atoms with Crippen molar-refractivity contribution in [3.8, 4) is 17.4 Å². The predicted octanol–water partition coefficient (Wildman–Crippen LogP) is 4.90. The van der Waals surface area contributed by atoms with Crippen LogP contribution in [0.2, 0.25) is 0 Å². The van der Waals surface area contributed by atoms with Crippen LogP contribution in [0.4, 0.5) is 0 Å². The van der Waals surface area contributed by atoms with Crippen molar-refractivity contribution in [3.05, 3.63) is 103 Å². The van der Waals surface area contributed by atoms with Crippen molar-refractivity contribution >= 4 is 66.7 Å². The minimum atomic E-state index is 0.119. The summed E-state index contributed by atoms with van der Waals surface area (Å²) in [6.45, 7) is 0.119. The quantitative estimate of drug-likeness (QED) is 0.309. The van der Waals surface area contributed by atoms with Crippen molar-refractivity contribution in [1.29, 1.82) is 5.26 Å². The summed E-state index contributed by atoms with van der Waals surface area (Å²) < 4.78 is 4.79. The van der Waals surface area contributed by atoms with E-state index in [0.717, 1.165) is 11.4 Å². The van der Waals surface area contributed by atoms with E-state index < -0.39 is 0 Å². The van der Waals surface area contributed by atoms with Crippen LogP contribution in [0.1, 0.15) is 5.56 Å². The first-order valence-corrected chi connectivity index (χ1v) is 12.0. The van der Waals surface area contributed by atoms with Gasteiger partial charge in [-0.15, -0.1) is 0 Å². The lowest BCUT2D eigenvalue weighted by Crippen LogP contribution is -2.59. The molecule has 4 heterocycles. The molecule has 0 fully saturated rings. The smallest absolute Gasteiger partial charge is 0.252 e. The lowest BCUT2D eigenvalue weighted by Gasteiger charge is -2.33. The fourth-order valence-electron chi connectivity index (χ4n) is 6.89.